The summed E-state index contributed by atoms with van der Waals surface area (Å²) in [5, 5.41) is 3.74. The molecule has 1 heterocycles. The summed E-state index contributed by atoms with van der Waals surface area (Å²) in [6.45, 7) is 10.5. The second-order valence-electron chi connectivity index (χ2n) is 6.89. The highest BCUT2D eigenvalue weighted by Crippen LogP contribution is 2.34. The third kappa shape index (κ3) is 4.52. The van der Waals surface area contributed by atoms with E-state index in [4.69, 9.17) is 4.74 Å². The van der Waals surface area contributed by atoms with Crippen LogP contribution in [0.4, 0.5) is 0 Å². The third-order valence-corrected chi connectivity index (χ3v) is 4.34. The predicted octanol–water partition coefficient (Wildman–Crippen LogP) is 2.12. The lowest BCUT2D eigenvalue weighted by Gasteiger charge is -2.33. The number of ether oxygens (including phenoxy) is 1. The van der Waals surface area contributed by atoms with Crippen molar-refractivity contribution in [3.63, 3.8) is 0 Å². The summed E-state index contributed by atoms with van der Waals surface area (Å²) in [5.74, 6) is 0.965. The minimum Gasteiger partial charge on any atom is -0.385 e. The van der Waals surface area contributed by atoms with Crippen LogP contribution in [0.25, 0.3) is 0 Å². The van der Waals surface area contributed by atoms with E-state index in [2.05, 4.69) is 24.1 Å². The number of nitrogens with one attached hydrogen (secondary N) is 1. The van der Waals surface area contributed by atoms with Crippen LogP contribution in [0, 0.1) is 11.3 Å². The molecular formula is C15H30N2O. The molecule has 0 aromatic rings. The van der Waals surface area contributed by atoms with Gasteiger partial charge in [0.2, 0.25) is 0 Å². The first-order chi connectivity index (χ1) is 8.61. The van der Waals surface area contributed by atoms with Crippen molar-refractivity contribution in [1.29, 1.82) is 0 Å². The smallest absolute Gasteiger partial charge is 0.0467 e. The highest BCUT2D eigenvalue weighted by atomic mass is 16.5. The van der Waals surface area contributed by atoms with Crippen LogP contribution in [-0.4, -0.2) is 50.8 Å². The van der Waals surface area contributed by atoms with Gasteiger partial charge in [-0.15, -0.1) is 0 Å². The maximum absolute atomic E-state index is 5.23. The molecule has 2 rings (SSSR count). The second kappa shape index (κ2) is 6.36. The Kier molecular flexibility index (Phi) is 5.05. The molecule has 1 saturated carbocycles. The average Bonchev–Trinajstić information content (AvgIpc) is 3.11. The molecule has 1 N–H and O–H groups in total. The molecule has 0 aromatic heterocycles. The summed E-state index contributed by atoms with van der Waals surface area (Å²) in [6.07, 6.45) is 5.34. The van der Waals surface area contributed by atoms with Crippen molar-refractivity contribution < 1.29 is 4.74 Å². The molecule has 2 aliphatic rings. The van der Waals surface area contributed by atoms with Gasteiger partial charge in [-0.1, -0.05) is 13.8 Å². The van der Waals surface area contributed by atoms with Crippen LogP contribution in [0.3, 0.4) is 0 Å². The first kappa shape index (κ1) is 14.3. The summed E-state index contributed by atoms with van der Waals surface area (Å²) >= 11 is 0. The molecule has 0 amide bonds. The molecule has 1 aliphatic carbocycles. The Morgan fingerprint density at radius 1 is 1.33 bits per heavy atom. The summed E-state index contributed by atoms with van der Waals surface area (Å²) < 4.78 is 5.23. The highest BCUT2D eigenvalue weighted by molar-refractivity contribution is 4.91. The molecule has 3 nitrogen and oxygen atoms in total. The van der Waals surface area contributed by atoms with E-state index in [0.717, 1.165) is 25.0 Å². The van der Waals surface area contributed by atoms with Crippen LogP contribution in [0.1, 0.15) is 39.5 Å². The van der Waals surface area contributed by atoms with Crippen molar-refractivity contribution in [1.82, 2.24) is 10.2 Å². The van der Waals surface area contributed by atoms with Gasteiger partial charge in [0.1, 0.15) is 0 Å². The van der Waals surface area contributed by atoms with Gasteiger partial charge in [0.25, 0.3) is 0 Å². The van der Waals surface area contributed by atoms with Gasteiger partial charge >= 0.3 is 0 Å². The molecular weight excluding hydrogens is 224 g/mol. The largest absolute Gasteiger partial charge is 0.385 e. The molecule has 0 radical (unpaired) electrons. The van der Waals surface area contributed by atoms with Crippen molar-refractivity contribution in [2.24, 2.45) is 11.3 Å². The third-order valence-electron chi connectivity index (χ3n) is 4.34. The molecule has 1 saturated heterocycles. The van der Waals surface area contributed by atoms with E-state index in [1.165, 1.54) is 45.4 Å². The quantitative estimate of drug-likeness (QED) is 0.786. The Labute approximate surface area is 112 Å². The maximum atomic E-state index is 5.23. The fourth-order valence-electron chi connectivity index (χ4n) is 3.04. The average molecular weight is 254 g/mol. The van der Waals surface area contributed by atoms with E-state index in [0.29, 0.717) is 5.41 Å². The van der Waals surface area contributed by atoms with Crippen LogP contribution >= 0.6 is 0 Å². The van der Waals surface area contributed by atoms with E-state index in [9.17, 15) is 0 Å². The molecule has 0 spiro atoms. The van der Waals surface area contributed by atoms with Gasteiger partial charge in [-0.05, 0) is 50.1 Å². The Bertz CT molecular complexity index is 251. The zero-order valence-corrected chi connectivity index (χ0v) is 12.4. The number of hydrogen-bond acceptors (Lipinski definition) is 3. The van der Waals surface area contributed by atoms with Crippen molar-refractivity contribution in [3.05, 3.63) is 0 Å². The lowest BCUT2D eigenvalue weighted by atomic mass is 9.89. The Morgan fingerprint density at radius 3 is 2.78 bits per heavy atom. The van der Waals surface area contributed by atoms with E-state index in [1.807, 2.05) is 0 Å². The molecule has 0 aromatic carbocycles. The van der Waals surface area contributed by atoms with Gasteiger partial charge in [0, 0.05) is 32.8 Å². The van der Waals surface area contributed by atoms with Crippen molar-refractivity contribution in [3.8, 4) is 0 Å². The number of nitrogens with zero attached hydrogens (tertiary/aromatic N) is 1. The second-order valence-corrected chi connectivity index (χ2v) is 6.89. The zero-order chi connectivity index (χ0) is 13.0. The standard InChI is InChI=1S/C15H30N2O/c1-15(2,7-10-18-3)12-17-9-4-8-16-14(11-17)13-5-6-13/h13-14,16H,4-12H2,1-3H3. The van der Waals surface area contributed by atoms with Crippen LogP contribution in [-0.2, 0) is 4.74 Å². The van der Waals surface area contributed by atoms with Crippen molar-refractivity contribution >= 4 is 0 Å². The van der Waals surface area contributed by atoms with Gasteiger partial charge in [-0.25, -0.2) is 0 Å². The minimum atomic E-state index is 0.369. The predicted molar refractivity (Wildman–Crippen MR) is 75.8 cm³/mol. The molecule has 106 valence electrons. The fraction of sp³-hybridized carbons (Fsp3) is 1.00. The van der Waals surface area contributed by atoms with Gasteiger partial charge in [0.15, 0.2) is 0 Å². The SMILES string of the molecule is COCCC(C)(C)CN1CCCNC(C2CC2)C1. The summed E-state index contributed by atoms with van der Waals surface area (Å²) in [5.41, 5.74) is 0.369. The lowest BCUT2D eigenvalue weighted by molar-refractivity contribution is 0.114. The van der Waals surface area contributed by atoms with E-state index in [1.54, 1.807) is 7.11 Å². The fourth-order valence-corrected chi connectivity index (χ4v) is 3.04. The normalized spacial score (nSPS) is 27.2. The highest BCUT2D eigenvalue weighted by Gasteiger charge is 2.34. The lowest BCUT2D eigenvalue weighted by Crippen LogP contribution is -2.42. The Balaban J connectivity index is 1.82. The molecule has 1 aliphatic heterocycles. The summed E-state index contributed by atoms with van der Waals surface area (Å²) in [7, 11) is 1.80. The molecule has 1 atom stereocenters. The molecule has 3 heteroatoms. The minimum absolute atomic E-state index is 0.369. The topological polar surface area (TPSA) is 24.5 Å². The maximum Gasteiger partial charge on any atom is 0.0467 e. The zero-order valence-electron chi connectivity index (χ0n) is 12.4. The van der Waals surface area contributed by atoms with Gasteiger partial charge < -0.3 is 15.0 Å². The number of hydrogen-bond donors (Lipinski definition) is 1. The molecule has 2 fully saturated rings. The van der Waals surface area contributed by atoms with Gasteiger partial charge in [-0.3, -0.25) is 0 Å². The van der Waals surface area contributed by atoms with Crippen molar-refractivity contribution in [2.75, 3.05) is 39.9 Å². The van der Waals surface area contributed by atoms with Gasteiger partial charge in [0.05, 0.1) is 0 Å². The summed E-state index contributed by atoms with van der Waals surface area (Å²) in [6, 6.07) is 0.755. The molecule has 0 bridgehead atoms. The van der Waals surface area contributed by atoms with E-state index in [-0.39, 0.29) is 0 Å². The van der Waals surface area contributed by atoms with E-state index < -0.39 is 0 Å². The monoisotopic (exact) mass is 254 g/mol. The molecule has 1 unspecified atom stereocenters. The first-order valence-electron chi connectivity index (χ1n) is 7.55. The number of methoxy groups -OCH3 is 1. The van der Waals surface area contributed by atoms with Crippen LogP contribution in [0.5, 0.6) is 0 Å². The van der Waals surface area contributed by atoms with E-state index >= 15 is 0 Å². The summed E-state index contributed by atoms with van der Waals surface area (Å²) in [4.78, 5) is 2.68. The van der Waals surface area contributed by atoms with Gasteiger partial charge in [-0.2, -0.15) is 0 Å². The van der Waals surface area contributed by atoms with Crippen LogP contribution in [0.15, 0.2) is 0 Å². The Hall–Kier alpha value is -0.120. The van der Waals surface area contributed by atoms with Crippen LogP contribution in [0.2, 0.25) is 0 Å². The van der Waals surface area contributed by atoms with Crippen LogP contribution < -0.4 is 5.32 Å². The molecule has 18 heavy (non-hydrogen) atoms. The van der Waals surface area contributed by atoms with Crippen molar-refractivity contribution in [2.45, 2.75) is 45.6 Å². The number of rotatable bonds is 6. The Morgan fingerprint density at radius 2 is 2.11 bits per heavy atom. The first-order valence-corrected chi connectivity index (χ1v) is 7.55.